The Labute approximate surface area is 188 Å². The van der Waals surface area contributed by atoms with Crippen molar-refractivity contribution in [2.24, 2.45) is 0 Å². The Morgan fingerprint density at radius 1 is 0.871 bits per heavy atom. The van der Waals surface area contributed by atoms with Crippen LogP contribution < -0.4 is 4.74 Å². The number of hydrogen-bond acceptors (Lipinski definition) is 4. The molecular formula is C26H36BNO3. The third-order valence-electron chi connectivity index (χ3n) is 6.26. The molecule has 31 heavy (non-hydrogen) atoms. The van der Waals surface area contributed by atoms with E-state index in [-0.39, 0.29) is 0 Å². The molecule has 3 rings (SSSR count). The van der Waals surface area contributed by atoms with Crippen LogP contribution in [0.25, 0.3) is 11.0 Å². The van der Waals surface area contributed by atoms with Crippen LogP contribution in [-0.4, -0.2) is 50.5 Å². The Bertz CT molecular complexity index is 873. The number of likely N-dealkylation sites (N-methyl/N-ethyl adjacent to an activating group) is 1. The van der Waals surface area contributed by atoms with Gasteiger partial charge in [0, 0.05) is 6.54 Å². The van der Waals surface area contributed by atoms with E-state index in [4.69, 9.17) is 14.0 Å². The summed E-state index contributed by atoms with van der Waals surface area (Å²) in [7, 11) is 3.66. The molecule has 5 heteroatoms. The van der Waals surface area contributed by atoms with Gasteiger partial charge in [0.15, 0.2) is 0 Å². The lowest BCUT2D eigenvalue weighted by Crippen LogP contribution is -2.41. The second-order valence-electron chi connectivity index (χ2n) is 9.38. The molecule has 0 spiro atoms. The van der Waals surface area contributed by atoms with Gasteiger partial charge in [0.05, 0.1) is 11.2 Å². The van der Waals surface area contributed by atoms with E-state index in [1.165, 1.54) is 11.1 Å². The smallest absolute Gasteiger partial charge is 0.492 e. The van der Waals surface area contributed by atoms with Crippen LogP contribution in [-0.2, 0) is 9.31 Å². The van der Waals surface area contributed by atoms with E-state index in [2.05, 4.69) is 75.9 Å². The molecular weight excluding hydrogens is 385 g/mol. The molecule has 0 bridgehead atoms. The molecule has 1 saturated heterocycles. The normalized spacial score (nSPS) is 18.3. The molecule has 1 aliphatic heterocycles. The summed E-state index contributed by atoms with van der Waals surface area (Å²) in [4.78, 5) is 2.11. The minimum Gasteiger partial charge on any atom is -0.492 e. The molecule has 1 heterocycles. The fourth-order valence-corrected chi connectivity index (χ4v) is 3.68. The van der Waals surface area contributed by atoms with Crippen LogP contribution in [0.15, 0.2) is 54.6 Å². The molecule has 0 aromatic heterocycles. The van der Waals surface area contributed by atoms with Crippen molar-refractivity contribution in [1.82, 2.24) is 4.90 Å². The van der Waals surface area contributed by atoms with E-state index in [0.29, 0.717) is 6.61 Å². The van der Waals surface area contributed by atoms with Gasteiger partial charge < -0.3 is 18.9 Å². The van der Waals surface area contributed by atoms with Crippen molar-refractivity contribution < 1.29 is 14.0 Å². The summed E-state index contributed by atoms with van der Waals surface area (Å²) in [6.07, 6.45) is 0.879. The summed E-state index contributed by atoms with van der Waals surface area (Å²) >= 11 is 0. The van der Waals surface area contributed by atoms with Crippen LogP contribution in [0.1, 0.15) is 52.2 Å². The molecule has 0 saturated carbocycles. The number of benzene rings is 2. The van der Waals surface area contributed by atoms with Gasteiger partial charge in [0.2, 0.25) is 0 Å². The average molecular weight is 421 g/mol. The Hall–Kier alpha value is -2.08. The zero-order chi connectivity index (χ0) is 22.6. The first-order valence-electron chi connectivity index (χ1n) is 11.2. The van der Waals surface area contributed by atoms with Crippen molar-refractivity contribution in [1.29, 1.82) is 0 Å². The quantitative estimate of drug-likeness (QED) is 0.411. The van der Waals surface area contributed by atoms with Crippen molar-refractivity contribution in [3.05, 3.63) is 65.7 Å². The minimum atomic E-state index is -0.430. The van der Waals surface area contributed by atoms with Gasteiger partial charge in [-0.2, -0.15) is 0 Å². The maximum atomic E-state index is 6.49. The summed E-state index contributed by atoms with van der Waals surface area (Å²) in [5.74, 6) is 0.872. The summed E-state index contributed by atoms with van der Waals surface area (Å²) in [5.41, 5.74) is 3.83. The van der Waals surface area contributed by atoms with E-state index < -0.39 is 18.3 Å². The summed E-state index contributed by atoms with van der Waals surface area (Å²) in [6, 6.07) is 18.8. The van der Waals surface area contributed by atoms with E-state index in [9.17, 15) is 0 Å². The second-order valence-corrected chi connectivity index (χ2v) is 9.38. The monoisotopic (exact) mass is 421 g/mol. The highest BCUT2D eigenvalue weighted by atomic mass is 16.7. The SMILES string of the molecule is CC/C(=C(\B1OC(C)(C)C(C)(C)O1)c1ccc(OCCN(C)C)cc1)c1ccccc1. The number of ether oxygens (including phenoxy) is 1. The zero-order valence-electron chi connectivity index (χ0n) is 20.1. The molecule has 1 aliphatic rings. The predicted molar refractivity (Wildman–Crippen MR) is 130 cm³/mol. The number of rotatable bonds is 8. The summed E-state index contributed by atoms with van der Waals surface area (Å²) in [5, 5.41) is 0. The Morgan fingerprint density at radius 2 is 1.45 bits per heavy atom. The topological polar surface area (TPSA) is 30.9 Å². The standard InChI is InChI=1S/C26H36BNO3/c1-8-23(20-12-10-9-11-13-20)24(27-30-25(2,3)26(4,5)31-27)21-14-16-22(17-15-21)29-19-18-28(6)7/h9-17H,8,18-19H2,1-7H3/b24-23+. The number of nitrogens with zero attached hydrogens (tertiary/aromatic N) is 1. The predicted octanol–water partition coefficient (Wildman–Crippen LogP) is 5.58. The highest BCUT2D eigenvalue weighted by molar-refractivity contribution is 6.71. The van der Waals surface area contributed by atoms with E-state index in [0.717, 1.165) is 29.8 Å². The second kappa shape index (κ2) is 9.60. The van der Waals surface area contributed by atoms with Gasteiger partial charge in [-0.25, -0.2) is 0 Å². The van der Waals surface area contributed by atoms with Crippen LogP contribution >= 0.6 is 0 Å². The van der Waals surface area contributed by atoms with Crippen LogP contribution in [0.5, 0.6) is 5.75 Å². The molecule has 4 nitrogen and oxygen atoms in total. The van der Waals surface area contributed by atoms with Gasteiger partial charge in [-0.1, -0.05) is 49.4 Å². The van der Waals surface area contributed by atoms with E-state index in [1.54, 1.807) is 0 Å². The highest BCUT2D eigenvalue weighted by Crippen LogP contribution is 2.43. The molecule has 0 N–H and O–H groups in total. The van der Waals surface area contributed by atoms with Gasteiger partial charge in [-0.15, -0.1) is 0 Å². The lowest BCUT2D eigenvalue weighted by Gasteiger charge is -2.32. The van der Waals surface area contributed by atoms with E-state index in [1.807, 2.05) is 32.3 Å². The van der Waals surface area contributed by atoms with Crippen LogP contribution in [0.2, 0.25) is 0 Å². The fourth-order valence-electron chi connectivity index (χ4n) is 3.68. The summed E-state index contributed by atoms with van der Waals surface area (Å²) in [6.45, 7) is 12.1. The zero-order valence-corrected chi connectivity index (χ0v) is 20.1. The first kappa shape index (κ1) is 23.6. The Balaban J connectivity index is 2.00. The van der Waals surface area contributed by atoms with Gasteiger partial charge in [-0.05, 0) is 82.5 Å². The molecule has 2 aromatic rings. The molecule has 0 unspecified atom stereocenters. The molecule has 2 aromatic carbocycles. The number of hydrogen-bond donors (Lipinski definition) is 0. The van der Waals surface area contributed by atoms with Crippen molar-refractivity contribution in [3.63, 3.8) is 0 Å². The van der Waals surface area contributed by atoms with Crippen LogP contribution in [0.3, 0.4) is 0 Å². The fraction of sp³-hybridized carbons (Fsp3) is 0.462. The van der Waals surface area contributed by atoms with Gasteiger partial charge in [0.1, 0.15) is 12.4 Å². The maximum absolute atomic E-state index is 6.49. The molecule has 1 fully saturated rings. The van der Waals surface area contributed by atoms with Gasteiger partial charge in [-0.3, -0.25) is 0 Å². The lowest BCUT2D eigenvalue weighted by molar-refractivity contribution is 0.00578. The van der Waals surface area contributed by atoms with E-state index >= 15 is 0 Å². The first-order chi connectivity index (χ1) is 14.6. The third kappa shape index (κ3) is 5.41. The van der Waals surface area contributed by atoms with Crippen molar-refractivity contribution in [2.75, 3.05) is 27.2 Å². The van der Waals surface area contributed by atoms with Gasteiger partial charge >= 0.3 is 7.12 Å². The van der Waals surface area contributed by atoms with Crippen molar-refractivity contribution in [2.45, 2.75) is 52.2 Å². The highest BCUT2D eigenvalue weighted by Gasteiger charge is 2.53. The molecule has 0 amide bonds. The maximum Gasteiger partial charge on any atom is 0.495 e. The lowest BCUT2D eigenvalue weighted by atomic mass is 9.69. The van der Waals surface area contributed by atoms with Crippen molar-refractivity contribution >= 4 is 18.2 Å². The van der Waals surface area contributed by atoms with Crippen molar-refractivity contribution in [3.8, 4) is 5.75 Å². The Morgan fingerprint density at radius 3 is 1.97 bits per heavy atom. The number of allylic oxidation sites excluding steroid dienone is 1. The molecule has 0 radical (unpaired) electrons. The average Bonchev–Trinajstić information content (AvgIpc) is 2.94. The first-order valence-corrected chi connectivity index (χ1v) is 11.2. The molecule has 0 aliphatic carbocycles. The van der Waals surface area contributed by atoms with Crippen LogP contribution in [0, 0.1) is 0 Å². The third-order valence-corrected chi connectivity index (χ3v) is 6.26. The Kier molecular flexibility index (Phi) is 7.30. The summed E-state index contributed by atoms with van der Waals surface area (Å²) < 4.78 is 18.9. The van der Waals surface area contributed by atoms with Crippen LogP contribution in [0.4, 0.5) is 0 Å². The van der Waals surface area contributed by atoms with Gasteiger partial charge in [0.25, 0.3) is 0 Å². The molecule has 166 valence electrons. The molecule has 0 atom stereocenters. The largest absolute Gasteiger partial charge is 0.495 e. The minimum absolute atomic E-state index is 0.395.